The Labute approximate surface area is 102 Å². The van der Waals surface area contributed by atoms with Gasteiger partial charge >= 0.3 is 0 Å². The molecule has 1 aliphatic heterocycles. The molecule has 1 aromatic rings. The van der Waals surface area contributed by atoms with Gasteiger partial charge in [0.1, 0.15) is 5.15 Å². The zero-order valence-corrected chi connectivity index (χ0v) is 9.59. The maximum Gasteiger partial charge on any atom is 0.257 e. The molecule has 17 heavy (non-hydrogen) atoms. The molecule has 1 N–H and O–H groups in total. The van der Waals surface area contributed by atoms with E-state index in [9.17, 15) is 10.1 Å². The van der Waals surface area contributed by atoms with E-state index in [0.29, 0.717) is 24.8 Å². The zero-order valence-electron chi connectivity index (χ0n) is 8.84. The minimum absolute atomic E-state index is 0.282. The van der Waals surface area contributed by atoms with E-state index in [-0.39, 0.29) is 5.96 Å². The molecular weight excluding hydrogens is 247 g/mol. The Morgan fingerprint density at radius 1 is 1.59 bits per heavy atom. The molecule has 2 rings (SSSR count). The fourth-order valence-corrected chi connectivity index (χ4v) is 1.66. The van der Waals surface area contributed by atoms with Crippen molar-refractivity contribution in [2.75, 3.05) is 13.1 Å². The summed E-state index contributed by atoms with van der Waals surface area (Å²) < 4.78 is 0. The van der Waals surface area contributed by atoms with Crippen molar-refractivity contribution in [1.29, 1.82) is 0 Å². The molecule has 1 aromatic heterocycles. The van der Waals surface area contributed by atoms with Crippen molar-refractivity contribution in [3.8, 4) is 0 Å². The normalized spacial score (nSPS) is 14.6. The summed E-state index contributed by atoms with van der Waals surface area (Å²) in [4.78, 5) is 20.1. The van der Waals surface area contributed by atoms with E-state index in [0.717, 1.165) is 5.56 Å². The fraction of sp³-hybridized carbons (Fsp3) is 0.333. The first-order valence-corrected chi connectivity index (χ1v) is 5.34. The first-order chi connectivity index (χ1) is 8.15. The highest BCUT2D eigenvalue weighted by molar-refractivity contribution is 6.29. The van der Waals surface area contributed by atoms with Crippen molar-refractivity contribution in [2.45, 2.75) is 6.54 Å². The number of hydrazine groups is 1. The lowest BCUT2D eigenvalue weighted by atomic mass is 10.3. The molecule has 0 aliphatic carbocycles. The van der Waals surface area contributed by atoms with E-state index in [4.69, 9.17) is 11.6 Å². The van der Waals surface area contributed by atoms with Crippen LogP contribution in [0.1, 0.15) is 5.56 Å². The summed E-state index contributed by atoms with van der Waals surface area (Å²) in [5.41, 5.74) is 3.00. The Hall–Kier alpha value is -1.89. The number of rotatable bonds is 3. The van der Waals surface area contributed by atoms with Gasteiger partial charge in [-0.2, -0.15) is 0 Å². The van der Waals surface area contributed by atoms with Crippen LogP contribution in [0.15, 0.2) is 23.3 Å². The van der Waals surface area contributed by atoms with Gasteiger partial charge in [-0.1, -0.05) is 23.1 Å². The predicted octanol–water partition coefficient (Wildman–Crippen LogP) is 0.688. The Morgan fingerprint density at radius 3 is 3.06 bits per heavy atom. The number of nitrogens with one attached hydrogen (secondary N) is 1. The van der Waals surface area contributed by atoms with E-state index in [2.05, 4.69) is 15.4 Å². The molecule has 0 atom stereocenters. The lowest BCUT2D eigenvalue weighted by molar-refractivity contribution is -0.526. The molecule has 0 fully saturated rings. The van der Waals surface area contributed by atoms with Crippen LogP contribution in [0.2, 0.25) is 5.15 Å². The molecule has 0 spiro atoms. The second-order valence-corrected chi connectivity index (χ2v) is 3.87. The SMILES string of the molecule is O=[N+]([O-])NC1=NCCN1Cc1ccc(Cl)[15n]c1. The lowest BCUT2D eigenvalue weighted by Gasteiger charge is -2.17. The Bertz CT molecular complexity index is 447. The molecule has 0 aromatic carbocycles. The lowest BCUT2D eigenvalue weighted by Crippen LogP contribution is -2.40. The zero-order chi connectivity index (χ0) is 12.3. The van der Waals surface area contributed by atoms with Gasteiger partial charge < -0.3 is 4.90 Å². The van der Waals surface area contributed by atoms with Gasteiger partial charge in [0.25, 0.3) is 5.96 Å². The maximum absolute atomic E-state index is 10.4. The number of aliphatic imine (C=N–C) groups is 1. The number of hydrogen-bond donors (Lipinski definition) is 1. The van der Waals surface area contributed by atoms with Crippen LogP contribution in [0.5, 0.6) is 0 Å². The number of hydrogen-bond acceptors (Lipinski definition) is 5. The molecule has 0 radical (unpaired) electrons. The summed E-state index contributed by atoms with van der Waals surface area (Å²) in [5, 5.41) is 10.2. The van der Waals surface area contributed by atoms with Crippen molar-refractivity contribution < 1.29 is 5.03 Å². The van der Waals surface area contributed by atoms with Gasteiger partial charge in [0.05, 0.1) is 6.54 Å². The van der Waals surface area contributed by atoms with Crippen LogP contribution in [0.25, 0.3) is 0 Å². The summed E-state index contributed by atoms with van der Waals surface area (Å²) in [6.45, 7) is 1.72. The van der Waals surface area contributed by atoms with Crippen LogP contribution < -0.4 is 5.43 Å². The first kappa shape index (κ1) is 11.6. The summed E-state index contributed by atoms with van der Waals surface area (Å²) in [6.07, 6.45) is 1.64. The summed E-state index contributed by atoms with van der Waals surface area (Å²) >= 11 is 5.68. The first-order valence-electron chi connectivity index (χ1n) is 4.96. The second-order valence-electron chi connectivity index (χ2n) is 3.48. The van der Waals surface area contributed by atoms with Gasteiger partial charge in [-0.3, -0.25) is 0 Å². The van der Waals surface area contributed by atoms with Crippen LogP contribution in [-0.4, -0.2) is 34.0 Å². The van der Waals surface area contributed by atoms with Gasteiger partial charge in [0, 0.05) is 19.3 Å². The molecule has 8 heteroatoms. The molecule has 1 aliphatic rings. The average molecular weight is 257 g/mol. The maximum atomic E-state index is 10.4. The molecule has 2 heterocycles. The number of guanidine groups is 1. The number of nitrogens with zero attached hydrogens (tertiary/aromatic N) is 4. The smallest absolute Gasteiger partial charge is 0.257 e. The van der Waals surface area contributed by atoms with Crippen LogP contribution in [0.3, 0.4) is 0 Å². The third kappa shape index (κ3) is 3.04. The summed E-state index contributed by atoms with van der Waals surface area (Å²) in [7, 11) is 0. The minimum atomic E-state index is -0.614. The van der Waals surface area contributed by atoms with Crippen molar-refractivity contribution in [2.24, 2.45) is 4.99 Å². The molecule has 0 saturated carbocycles. The number of aromatic nitrogens is 1. The Balaban J connectivity index is 2.01. The third-order valence-corrected chi connectivity index (χ3v) is 2.51. The summed E-state index contributed by atoms with van der Waals surface area (Å²) in [5.74, 6) is 0.282. The highest BCUT2D eigenvalue weighted by atomic mass is 35.5. The van der Waals surface area contributed by atoms with Crippen LogP contribution in [0, 0.1) is 10.1 Å². The standard InChI is InChI=1S/C9H10ClN5O2/c10-8-2-1-7(5-12-8)6-14-4-3-11-9(14)13-15(16)17/h1-2,5H,3-4,6H2,(H,11,13)/i12+1. The second kappa shape index (κ2) is 4.96. The quantitative estimate of drug-likeness (QED) is 0.489. The predicted molar refractivity (Wildman–Crippen MR) is 62.1 cm³/mol. The molecular formula is C9H10ClN5O2. The Morgan fingerprint density at radius 2 is 2.41 bits per heavy atom. The van der Waals surface area contributed by atoms with E-state index in [1.807, 2.05) is 6.07 Å². The average Bonchev–Trinajstić information content (AvgIpc) is 2.68. The number of pyridine rings is 1. The highest BCUT2D eigenvalue weighted by Crippen LogP contribution is 2.10. The van der Waals surface area contributed by atoms with E-state index >= 15 is 0 Å². The fourth-order valence-electron chi connectivity index (χ4n) is 1.54. The van der Waals surface area contributed by atoms with Crippen LogP contribution in [0.4, 0.5) is 0 Å². The van der Waals surface area contributed by atoms with Gasteiger partial charge in [0.2, 0.25) is 0 Å². The molecule has 0 unspecified atom stereocenters. The van der Waals surface area contributed by atoms with E-state index < -0.39 is 5.03 Å². The van der Waals surface area contributed by atoms with E-state index in [1.165, 1.54) is 0 Å². The van der Waals surface area contributed by atoms with E-state index in [1.54, 1.807) is 17.2 Å². The van der Waals surface area contributed by atoms with Crippen molar-refractivity contribution in [3.05, 3.63) is 39.2 Å². The highest BCUT2D eigenvalue weighted by Gasteiger charge is 2.20. The molecule has 90 valence electrons. The van der Waals surface area contributed by atoms with Crippen LogP contribution >= 0.6 is 11.6 Å². The molecule has 0 bridgehead atoms. The Kier molecular flexibility index (Phi) is 3.38. The van der Waals surface area contributed by atoms with Crippen molar-refractivity contribution in [1.82, 2.24) is 15.3 Å². The van der Waals surface area contributed by atoms with Crippen molar-refractivity contribution >= 4 is 17.6 Å². The molecule has 0 saturated heterocycles. The van der Waals surface area contributed by atoms with Crippen LogP contribution in [-0.2, 0) is 6.54 Å². The van der Waals surface area contributed by atoms with Gasteiger partial charge in [-0.15, -0.1) is 0 Å². The molecule has 7 nitrogen and oxygen atoms in total. The monoisotopic (exact) mass is 256 g/mol. The minimum Gasteiger partial charge on any atom is -0.332 e. The summed E-state index contributed by atoms with van der Waals surface area (Å²) in [6, 6.07) is 3.52. The number of halogens is 1. The van der Waals surface area contributed by atoms with Crippen molar-refractivity contribution in [3.63, 3.8) is 0 Å². The van der Waals surface area contributed by atoms with Gasteiger partial charge in [-0.25, -0.2) is 20.1 Å². The van der Waals surface area contributed by atoms with Gasteiger partial charge in [-0.05, 0) is 11.6 Å². The largest absolute Gasteiger partial charge is 0.332 e. The van der Waals surface area contributed by atoms with Gasteiger partial charge in [0.15, 0.2) is 5.03 Å². The number of nitro groups is 1. The third-order valence-electron chi connectivity index (χ3n) is 2.28. The molecule has 0 amide bonds. The topological polar surface area (TPSA) is 83.7 Å².